The van der Waals surface area contributed by atoms with E-state index in [1.807, 2.05) is 0 Å². The molecule has 1 fully saturated rings. The fourth-order valence-electron chi connectivity index (χ4n) is 1.98. The van der Waals surface area contributed by atoms with Crippen molar-refractivity contribution < 1.29 is 9.63 Å². The van der Waals surface area contributed by atoms with Gasteiger partial charge in [-0.1, -0.05) is 20.8 Å². The molecule has 0 aromatic rings. The Balaban J connectivity index is 2.32. The first-order chi connectivity index (χ1) is 7.38. The highest BCUT2D eigenvalue weighted by Crippen LogP contribution is 2.21. The zero-order valence-electron chi connectivity index (χ0n) is 10.7. The van der Waals surface area contributed by atoms with Crippen molar-refractivity contribution in [2.45, 2.75) is 52.5 Å². The lowest BCUT2D eigenvalue weighted by Crippen LogP contribution is -2.39. The number of carbonyl (C=O) groups is 1. The van der Waals surface area contributed by atoms with Gasteiger partial charge in [-0.2, -0.15) is 0 Å². The first-order valence-corrected chi connectivity index (χ1v) is 6.07. The molecular formula is C12H24N2O2. The Morgan fingerprint density at radius 1 is 1.44 bits per heavy atom. The average molecular weight is 228 g/mol. The maximum absolute atomic E-state index is 11.8. The summed E-state index contributed by atoms with van der Waals surface area (Å²) >= 11 is 0. The van der Waals surface area contributed by atoms with E-state index in [1.165, 1.54) is 5.06 Å². The molecule has 1 aliphatic heterocycles. The van der Waals surface area contributed by atoms with Gasteiger partial charge in [0.05, 0.1) is 6.61 Å². The van der Waals surface area contributed by atoms with E-state index < -0.39 is 0 Å². The van der Waals surface area contributed by atoms with Gasteiger partial charge in [0.15, 0.2) is 0 Å². The first-order valence-electron chi connectivity index (χ1n) is 6.07. The van der Waals surface area contributed by atoms with Crippen LogP contribution in [0.4, 0.5) is 0 Å². The number of amides is 1. The summed E-state index contributed by atoms with van der Waals surface area (Å²) in [5.74, 6) is 0.0245. The summed E-state index contributed by atoms with van der Waals surface area (Å²) in [6.07, 6.45) is 3.31. The number of nitrogens with zero attached hydrogens (tertiary/aromatic N) is 1. The first kappa shape index (κ1) is 13.5. The molecule has 1 amide bonds. The predicted octanol–water partition coefficient (Wildman–Crippen LogP) is 1.69. The number of nitrogens with two attached hydrogens (primary N) is 1. The molecule has 1 aliphatic rings. The Hall–Kier alpha value is -0.610. The molecule has 0 aliphatic carbocycles. The van der Waals surface area contributed by atoms with Crippen molar-refractivity contribution in [3.05, 3.63) is 0 Å². The second-order valence-electron chi connectivity index (χ2n) is 5.77. The van der Waals surface area contributed by atoms with E-state index >= 15 is 0 Å². The second-order valence-corrected chi connectivity index (χ2v) is 5.77. The Bertz CT molecular complexity index is 230. The molecule has 2 N–H and O–H groups in total. The van der Waals surface area contributed by atoms with Crippen LogP contribution < -0.4 is 5.73 Å². The van der Waals surface area contributed by atoms with Crippen LogP contribution >= 0.6 is 0 Å². The standard InChI is InChI=1S/C12H24N2O2/c1-12(2,3)9-10(13)8-11(15)14-6-4-5-7-16-14/h10H,4-9,13H2,1-3H3. The van der Waals surface area contributed by atoms with Gasteiger partial charge in [-0.15, -0.1) is 0 Å². The van der Waals surface area contributed by atoms with Crippen LogP contribution in [0.25, 0.3) is 0 Å². The second kappa shape index (κ2) is 5.64. The van der Waals surface area contributed by atoms with Crippen molar-refractivity contribution in [3.8, 4) is 0 Å². The Morgan fingerprint density at radius 2 is 2.12 bits per heavy atom. The fraction of sp³-hybridized carbons (Fsp3) is 0.917. The molecule has 1 atom stereocenters. The molecule has 0 saturated carbocycles. The molecular weight excluding hydrogens is 204 g/mol. The molecule has 1 heterocycles. The van der Waals surface area contributed by atoms with Gasteiger partial charge in [-0.05, 0) is 24.7 Å². The maximum atomic E-state index is 11.8. The van der Waals surface area contributed by atoms with Gasteiger partial charge < -0.3 is 5.73 Å². The minimum absolute atomic E-state index is 0.0245. The number of hydroxylamine groups is 2. The molecule has 94 valence electrons. The van der Waals surface area contributed by atoms with Gasteiger partial charge in [0, 0.05) is 19.0 Å². The summed E-state index contributed by atoms with van der Waals surface area (Å²) in [4.78, 5) is 17.1. The Kier molecular flexibility index (Phi) is 4.74. The number of carbonyl (C=O) groups excluding carboxylic acids is 1. The lowest BCUT2D eigenvalue weighted by atomic mass is 9.87. The Labute approximate surface area is 98.1 Å². The fourth-order valence-corrected chi connectivity index (χ4v) is 1.98. The van der Waals surface area contributed by atoms with Crippen molar-refractivity contribution in [1.82, 2.24) is 5.06 Å². The third-order valence-electron chi connectivity index (χ3n) is 2.59. The van der Waals surface area contributed by atoms with Gasteiger partial charge in [-0.25, -0.2) is 5.06 Å². The quantitative estimate of drug-likeness (QED) is 0.799. The SMILES string of the molecule is CC(C)(C)CC(N)CC(=O)N1CCCCO1. The van der Waals surface area contributed by atoms with Crippen LogP contribution in [0.3, 0.4) is 0 Å². The molecule has 16 heavy (non-hydrogen) atoms. The van der Waals surface area contributed by atoms with Crippen LogP contribution in [0.5, 0.6) is 0 Å². The van der Waals surface area contributed by atoms with E-state index in [0.717, 1.165) is 19.3 Å². The van der Waals surface area contributed by atoms with Gasteiger partial charge in [0.1, 0.15) is 0 Å². The van der Waals surface area contributed by atoms with Gasteiger partial charge >= 0.3 is 0 Å². The van der Waals surface area contributed by atoms with Crippen LogP contribution in [-0.2, 0) is 9.63 Å². The van der Waals surface area contributed by atoms with Crippen molar-refractivity contribution >= 4 is 5.91 Å². The molecule has 4 heteroatoms. The maximum Gasteiger partial charge on any atom is 0.247 e. The van der Waals surface area contributed by atoms with Crippen LogP contribution in [0.15, 0.2) is 0 Å². The third-order valence-corrected chi connectivity index (χ3v) is 2.59. The third kappa shape index (κ3) is 4.94. The van der Waals surface area contributed by atoms with E-state index in [1.54, 1.807) is 0 Å². The highest BCUT2D eigenvalue weighted by Gasteiger charge is 2.22. The lowest BCUT2D eigenvalue weighted by Gasteiger charge is -2.28. The molecule has 0 radical (unpaired) electrons. The highest BCUT2D eigenvalue weighted by atomic mass is 16.7. The van der Waals surface area contributed by atoms with E-state index in [9.17, 15) is 4.79 Å². The largest absolute Gasteiger partial charge is 0.327 e. The van der Waals surface area contributed by atoms with Crippen LogP contribution in [-0.4, -0.2) is 30.2 Å². The van der Waals surface area contributed by atoms with Crippen molar-refractivity contribution in [1.29, 1.82) is 0 Å². The summed E-state index contributed by atoms with van der Waals surface area (Å²) in [5, 5.41) is 1.48. The van der Waals surface area contributed by atoms with Crippen molar-refractivity contribution in [2.75, 3.05) is 13.2 Å². The molecule has 0 bridgehead atoms. The van der Waals surface area contributed by atoms with Crippen LogP contribution in [0.2, 0.25) is 0 Å². The van der Waals surface area contributed by atoms with Crippen molar-refractivity contribution in [2.24, 2.45) is 11.1 Å². The average Bonchev–Trinajstić information content (AvgIpc) is 2.16. The normalized spacial score (nSPS) is 19.6. The summed E-state index contributed by atoms with van der Waals surface area (Å²) < 4.78 is 0. The molecule has 1 rings (SSSR count). The molecule has 0 aromatic heterocycles. The summed E-state index contributed by atoms with van der Waals surface area (Å²) in [6, 6.07) is -0.0713. The minimum atomic E-state index is -0.0713. The van der Waals surface area contributed by atoms with Crippen LogP contribution in [0.1, 0.15) is 46.5 Å². The summed E-state index contributed by atoms with van der Waals surface area (Å²) in [7, 11) is 0. The minimum Gasteiger partial charge on any atom is -0.327 e. The molecule has 1 unspecified atom stereocenters. The van der Waals surface area contributed by atoms with E-state index in [-0.39, 0.29) is 17.4 Å². The summed E-state index contributed by atoms with van der Waals surface area (Å²) in [6.45, 7) is 7.76. The van der Waals surface area contributed by atoms with E-state index in [4.69, 9.17) is 10.6 Å². The van der Waals surface area contributed by atoms with Crippen LogP contribution in [0, 0.1) is 5.41 Å². The number of rotatable bonds is 3. The molecule has 4 nitrogen and oxygen atoms in total. The van der Waals surface area contributed by atoms with Gasteiger partial charge in [-0.3, -0.25) is 9.63 Å². The lowest BCUT2D eigenvalue weighted by molar-refractivity contribution is -0.197. The smallest absolute Gasteiger partial charge is 0.247 e. The highest BCUT2D eigenvalue weighted by molar-refractivity contribution is 5.75. The number of hydrogen-bond acceptors (Lipinski definition) is 3. The zero-order chi connectivity index (χ0) is 12.2. The van der Waals surface area contributed by atoms with E-state index in [2.05, 4.69) is 20.8 Å². The monoisotopic (exact) mass is 228 g/mol. The molecule has 0 spiro atoms. The topological polar surface area (TPSA) is 55.6 Å². The van der Waals surface area contributed by atoms with Gasteiger partial charge in [0.25, 0.3) is 0 Å². The van der Waals surface area contributed by atoms with E-state index in [0.29, 0.717) is 19.6 Å². The summed E-state index contributed by atoms with van der Waals surface area (Å²) in [5.41, 5.74) is 6.13. The predicted molar refractivity (Wildman–Crippen MR) is 63.6 cm³/mol. The molecule has 1 saturated heterocycles. The zero-order valence-corrected chi connectivity index (χ0v) is 10.7. The van der Waals surface area contributed by atoms with Gasteiger partial charge in [0.2, 0.25) is 5.91 Å². The molecule has 0 aromatic carbocycles. The number of hydrogen-bond donors (Lipinski definition) is 1. The van der Waals surface area contributed by atoms with Crippen molar-refractivity contribution in [3.63, 3.8) is 0 Å². The Morgan fingerprint density at radius 3 is 2.62 bits per heavy atom.